The zero-order valence-corrected chi connectivity index (χ0v) is 17.3. The summed E-state index contributed by atoms with van der Waals surface area (Å²) in [5.74, 6) is 1.92. The predicted molar refractivity (Wildman–Crippen MR) is 119 cm³/mol. The number of hydrazine groups is 1. The second-order valence-corrected chi connectivity index (χ2v) is 7.95. The topological polar surface area (TPSA) is 45.8 Å². The van der Waals surface area contributed by atoms with Crippen LogP contribution in [0.2, 0.25) is 0 Å². The molecule has 0 bridgehead atoms. The lowest BCUT2D eigenvalue weighted by Gasteiger charge is -2.39. The summed E-state index contributed by atoms with van der Waals surface area (Å²) in [6.07, 6.45) is 0. The third-order valence-electron chi connectivity index (χ3n) is 6.27. The number of rotatable bonds is 5. The standard InChI is InChI=1S/C25H27N3O2/c1-29-22-13-19-21(14-23(22)30-2)28(15-17-9-5-3-6-10-17)16-20-24(26-27-25(19)20)18-11-7-4-8-12-18/h3-14,20,24-27H,15-16H2,1-2H3. The Balaban J connectivity index is 1.57. The van der Waals surface area contributed by atoms with Crippen molar-refractivity contribution in [1.82, 2.24) is 10.9 Å². The molecule has 2 aliphatic rings. The Morgan fingerprint density at radius 1 is 0.833 bits per heavy atom. The normalized spacial score (nSPS) is 22.3. The fraction of sp³-hybridized carbons (Fsp3) is 0.280. The van der Waals surface area contributed by atoms with Gasteiger partial charge in [-0.3, -0.25) is 0 Å². The SMILES string of the molecule is COc1cc2c(cc1OC)N(Cc1ccccc1)CC1C(c3ccccc3)NNC21. The molecule has 2 aliphatic heterocycles. The summed E-state index contributed by atoms with van der Waals surface area (Å²) < 4.78 is 11.2. The van der Waals surface area contributed by atoms with Gasteiger partial charge in [0.05, 0.1) is 26.3 Å². The fourth-order valence-corrected chi connectivity index (χ4v) is 4.81. The van der Waals surface area contributed by atoms with Crippen LogP contribution < -0.4 is 25.2 Å². The van der Waals surface area contributed by atoms with E-state index in [0.717, 1.165) is 24.6 Å². The summed E-state index contributed by atoms with van der Waals surface area (Å²) in [7, 11) is 3.39. The molecule has 0 aliphatic carbocycles. The van der Waals surface area contributed by atoms with Crippen LogP contribution in [0.25, 0.3) is 0 Å². The Labute approximate surface area is 177 Å². The van der Waals surface area contributed by atoms with E-state index in [2.05, 4.69) is 88.5 Å². The number of hydrogen-bond donors (Lipinski definition) is 2. The average molecular weight is 402 g/mol. The first-order valence-electron chi connectivity index (χ1n) is 10.4. The van der Waals surface area contributed by atoms with E-state index in [1.807, 2.05) is 0 Å². The molecule has 3 unspecified atom stereocenters. The smallest absolute Gasteiger partial charge is 0.162 e. The van der Waals surface area contributed by atoms with Gasteiger partial charge in [-0.15, -0.1) is 0 Å². The molecule has 5 nitrogen and oxygen atoms in total. The molecule has 3 aromatic rings. The molecule has 5 rings (SSSR count). The van der Waals surface area contributed by atoms with Crippen molar-refractivity contribution in [1.29, 1.82) is 0 Å². The largest absolute Gasteiger partial charge is 0.493 e. The van der Waals surface area contributed by atoms with Gasteiger partial charge in [0.1, 0.15) is 0 Å². The molecular weight excluding hydrogens is 374 g/mol. The Morgan fingerprint density at radius 3 is 2.17 bits per heavy atom. The van der Waals surface area contributed by atoms with Gasteiger partial charge in [-0.05, 0) is 22.8 Å². The van der Waals surface area contributed by atoms with Gasteiger partial charge >= 0.3 is 0 Å². The van der Waals surface area contributed by atoms with E-state index >= 15 is 0 Å². The zero-order chi connectivity index (χ0) is 20.5. The third-order valence-corrected chi connectivity index (χ3v) is 6.27. The van der Waals surface area contributed by atoms with Gasteiger partial charge < -0.3 is 14.4 Å². The summed E-state index contributed by atoms with van der Waals surface area (Å²) in [6.45, 7) is 1.80. The maximum atomic E-state index is 5.62. The summed E-state index contributed by atoms with van der Waals surface area (Å²) in [5, 5.41) is 0. The van der Waals surface area contributed by atoms with Gasteiger partial charge in [-0.1, -0.05) is 60.7 Å². The summed E-state index contributed by atoms with van der Waals surface area (Å²) in [5.41, 5.74) is 12.2. The molecule has 0 amide bonds. The van der Waals surface area contributed by atoms with Gasteiger partial charge in [0, 0.05) is 30.8 Å². The number of hydrogen-bond acceptors (Lipinski definition) is 5. The molecular formula is C25H27N3O2. The van der Waals surface area contributed by atoms with Gasteiger partial charge in [0.25, 0.3) is 0 Å². The van der Waals surface area contributed by atoms with Crippen molar-refractivity contribution in [2.45, 2.75) is 18.6 Å². The maximum absolute atomic E-state index is 5.62. The summed E-state index contributed by atoms with van der Waals surface area (Å²) >= 11 is 0. The van der Waals surface area contributed by atoms with Gasteiger partial charge in [0.2, 0.25) is 0 Å². The summed E-state index contributed by atoms with van der Waals surface area (Å²) in [4.78, 5) is 2.47. The van der Waals surface area contributed by atoms with E-state index in [1.54, 1.807) is 14.2 Å². The zero-order valence-electron chi connectivity index (χ0n) is 17.3. The molecule has 0 aromatic heterocycles. The number of nitrogens with one attached hydrogen (secondary N) is 2. The van der Waals surface area contributed by atoms with Crippen LogP contribution in [-0.4, -0.2) is 20.8 Å². The molecule has 30 heavy (non-hydrogen) atoms. The molecule has 1 saturated heterocycles. The van der Waals surface area contributed by atoms with Crippen molar-refractivity contribution >= 4 is 5.69 Å². The van der Waals surface area contributed by atoms with Crippen molar-refractivity contribution in [3.8, 4) is 11.5 Å². The van der Waals surface area contributed by atoms with Crippen LogP contribution >= 0.6 is 0 Å². The van der Waals surface area contributed by atoms with Crippen LogP contribution in [0.3, 0.4) is 0 Å². The highest BCUT2D eigenvalue weighted by Crippen LogP contribution is 2.48. The van der Waals surface area contributed by atoms with E-state index in [4.69, 9.17) is 9.47 Å². The highest BCUT2D eigenvalue weighted by molar-refractivity contribution is 5.65. The molecule has 154 valence electrons. The predicted octanol–water partition coefficient (Wildman–Crippen LogP) is 4.23. The van der Waals surface area contributed by atoms with Crippen molar-refractivity contribution in [3.63, 3.8) is 0 Å². The number of methoxy groups -OCH3 is 2. The van der Waals surface area contributed by atoms with E-state index in [9.17, 15) is 0 Å². The van der Waals surface area contributed by atoms with Crippen molar-refractivity contribution in [3.05, 3.63) is 89.5 Å². The van der Waals surface area contributed by atoms with E-state index in [0.29, 0.717) is 5.92 Å². The molecule has 1 fully saturated rings. The van der Waals surface area contributed by atoms with Crippen molar-refractivity contribution in [2.75, 3.05) is 25.7 Å². The van der Waals surface area contributed by atoms with Gasteiger partial charge in [-0.2, -0.15) is 0 Å². The molecule has 2 N–H and O–H groups in total. The quantitative estimate of drug-likeness (QED) is 0.670. The first kappa shape index (κ1) is 19.0. The maximum Gasteiger partial charge on any atom is 0.162 e. The minimum atomic E-state index is 0.206. The van der Waals surface area contributed by atoms with Gasteiger partial charge in [0.15, 0.2) is 11.5 Å². The van der Waals surface area contributed by atoms with Crippen molar-refractivity contribution < 1.29 is 9.47 Å². The lowest BCUT2D eigenvalue weighted by Crippen LogP contribution is -2.39. The van der Waals surface area contributed by atoms with Crippen LogP contribution in [0, 0.1) is 5.92 Å². The molecule has 0 radical (unpaired) electrons. The van der Waals surface area contributed by atoms with Crippen LogP contribution in [0.4, 0.5) is 5.69 Å². The number of ether oxygens (including phenoxy) is 2. The van der Waals surface area contributed by atoms with Crippen LogP contribution in [0.5, 0.6) is 11.5 Å². The monoisotopic (exact) mass is 401 g/mol. The molecule has 5 heteroatoms. The first-order valence-corrected chi connectivity index (χ1v) is 10.4. The lowest BCUT2D eigenvalue weighted by molar-refractivity contribution is 0.350. The first-order chi connectivity index (χ1) is 14.8. The Morgan fingerprint density at radius 2 is 1.47 bits per heavy atom. The second-order valence-electron chi connectivity index (χ2n) is 7.95. The molecule has 2 heterocycles. The van der Waals surface area contributed by atoms with Crippen LogP contribution in [0.15, 0.2) is 72.8 Å². The highest BCUT2D eigenvalue weighted by Gasteiger charge is 2.43. The number of fused-ring (bicyclic) bond motifs is 3. The number of nitrogens with zero attached hydrogens (tertiary/aromatic N) is 1. The third kappa shape index (κ3) is 3.30. The fourth-order valence-electron chi connectivity index (χ4n) is 4.81. The molecule has 3 atom stereocenters. The Kier molecular flexibility index (Phi) is 5.07. The molecule has 3 aromatic carbocycles. The Bertz CT molecular complexity index is 1010. The van der Waals surface area contributed by atoms with Crippen LogP contribution in [0.1, 0.15) is 28.8 Å². The number of benzene rings is 3. The minimum Gasteiger partial charge on any atom is -0.493 e. The average Bonchev–Trinajstić information content (AvgIpc) is 3.23. The Hall–Kier alpha value is -3.02. The second kappa shape index (κ2) is 8.01. The van der Waals surface area contributed by atoms with Crippen LogP contribution in [-0.2, 0) is 6.54 Å². The summed E-state index contributed by atoms with van der Waals surface area (Å²) in [6, 6.07) is 26.0. The highest BCUT2D eigenvalue weighted by atomic mass is 16.5. The number of anilines is 1. The minimum absolute atomic E-state index is 0.206. The van der Waals surface area contributed by atoms with E-state index in [1.165, 1.54) is 22.4 Å². The van der Waals surface area contributed by atoms with E-state index < -0.39 is 0 Å². The molecule has 0 spiro atoms. The van der Waals surface area contributed by atoms with Gasteiger partial charge in [-0.25, -0.2) is 10.9 Å². The van der Waals surface area contributed by atoms with Crippen molar-refractivity contribution in [2.24, 2.45) is 5.92 Å². The van der Waals surface area contributed by atoms with E-state index in [-0.39, 0.29) is 12.1 Å². The molecule has 0 saturated carbocycles. The lowest BCUT2D eigenvalue weighted by atomic mass is 9.81.